The zero-order valence-corrected chi connectivity index (χ0v) is 16.6. The van der Waals surface area contributed by atoms with Crippen LogP contribution in [0.4, 0.5) is 8.78 Å². The van der Waals surface area contributed by atoms with Crippen LogP contribution in [-0.4, -0.2) is 46.7 Å². The van der Waals surface area contributed by atoms with Gasteiger partial charge in [-0.3, -0.25) is 4.79 Å². The van der Waals surface area contributed by atoms with Gasteiger partial charge in [-0.15, -0.1) is 0 Å². The minimum Gasteiger partial charge on any atom is -0.487 e. The number of carboxylic acids is 1. The molecule has 2 heterocycles. The number of halogens is 2. The maximum atomic E-state index is 14.6. The lowest BCUT2D eigenvalue weighted by molar-refractivity contribution is 0.0694. The zero-order valence-electron chi connectivity index (χ0n) is 16.6. The first kappa shape index (κ1) is 20.1. The van der Waals surface area contributed by atoms with E-state index in [0.717, 1.165) is 6.07 Å². The number of amides is 1. The first-order valence-corrected chi connectivity index (χ1v) is 9.63. The van der Waals surface area contributed by atoms with Crippen LogP contribution in [0.3, 0.4) is 0 Å². The lowest BCUT2D eigenvalue weighted by Gasteiger charge is -2.16. The summed E-state index contributed by atoms with van der Waals surface area (Å²) < 4.78 is 39.6. The fourth-order valence-corrected chi connectivity index (χ4v) is 3.79. The van der Waals surface area contributed by atoms with Crippen LogP contribution in [0.2, 0.25) is 0 Å². The van der Waals surface area contributed by atoms with Crippen LogP contribution < -0.4 is 9.47 Å². The highest BCUT2D eigenvalue weighted by atomic mass is 19.1. The minimum atomic E-state index is -1.14. The molecule has 0 unspecified atom stereocenters. The van der Waals surface area contributed by atoms with E-state index in [1.165, 1.54) is 29.2 Å². The summed E-state index contributed by atoms with van der Waals surface area (Å²) >= 11 is 0. The second-order valence-corrected chi connectivity index (χ2v) is 8.18. The predicted molar refractivity (Wildman–Crippen MR) is 104 cm³/mol. The highest BCUT2D eigenvalue weighted by molar-refractivity contribution is 5.95. The number of fused-ring (bicyclic) bond motifs is 1. The average molecular weight is 417 g/mol. The summed E-state index contributed by atoms with van der Waals surface area (Å²) in [6.45, 7) is 3.96. The number of nitrogens with zero attached hydrogens (tertiary/aromatic N) is 1. The number of benzene rings is 2. The van der Waals surface area contributed by atoms with Crippen LogP contribution in [0.25, 0.3) is 0 Å². The van der Waals surface area contributed by atoms with Gasteiger partial charge in [0, 0.05) is 24.6 Å². The van der Waals surface area contributed by atoms with Crippen molar-refractivity contribution >= 4 is 11.9 Å². The maximum Gasteiger partial charge on any atom is 0.335 e. The van der Waals surface area contributed by atoms with Crippen molar-refractivity contribution in [3.05, 3.63) is 52.8 Å². The summed E-state index contributed by atoms with van der Waals surface area (Å²) in [6, 6.07) is 6.60. The molecule has 2 aromatic rings. The smallest absolute Gasteiger partial charge is 0.335 e. The van der Waals surface area contributed by atoms with Crippen molar-refractivity contribution in [2.75, 3.05) is 13.1 Å². The van der Waals surface area contributed by atoms with Gasteiger partial charge in [0.25, 0.3) is 5.91 Å². The van der Waals surface area contributed by atoms with E-state index in [2.05, 4.69) is 0 Å². The van der Waals surface area contributed by atoms with E-state index < -0.39 is 29.5 Å². The number of alkyl halides is 1. The van der Waals surface area contributed by atoms with E-state index in [0.29, 0.717) is 17.7 Å². The van der Waals surface area contributed by atoms with Crippen molar-refractivity contribution in [2.45, 2.75) is 38.5 Å². The lowest BCUT2D eigenvalue weighted by atomic mass is 10.00. The molecule has 30 heavy (non-hydrogen) atoms. The molecule has 6 nitrogen and oxygen atoms in total. The van der Waals surface area contributed by atoms with Crippen molar-refractivity contribution in [1.82, 2.24) is 4.90 Å². The summed E-state index contributed by atoms with van der Waals surface area (Å²) in [4.78, 5) is 25.2. The van der Waals surface area contributed by atoms with Crippen molar-refractivity contribution in [1.29, 1.82) is 0 Å². The molecule has 2 aliphatic rings. The van der Waals surface area contributed by atoms with Gasteiger partial charge in [0.05, 0.1) is 17.7 Å². The molecule has 4 rings (SSSR count). The van der Waals surface area contributed by atoms with Gasteiger partial charge in [-0.25, -0.2) is 13.6 Å². The maximum absolute atomic E-state index is 14.6. The highest BCUT2D eigenvalue weighted by Gasteiger charge is 2.34. The molecule has 1 amide bonds. The number of rotatable bonds is 4. The number of aromatic carboxylic acids is 1. The molecule has 0 spiro atoms. The Balaban J connectivity index is 1.62. The van der Waals surface area contributed by atoms with Gasteiger partial charge in [-0.05, 0) is 44.5 Å². The van der Waals surface area contributed by atoms with Gasteiger partial charge in [0.15, 0.2) is 0 Å². The van der Waals surface area contributed by atoms with Crippen LogP contribution in [0.1, 0.15) is 46.5 Å². The quantitative estimate of drug-likeness (QED) is 0.807. The summed E-state index contributed by atoms with van der Waals surface area (Å²) in [5, 5.41) is 9.36. The predicted octanol–water partition coefficient (Wildman–Crippen LogP) is 4.21. The Morgan fingerprint density at radius 1 is 1.27 bits per heavy atom. The SMILES string of the molecule is CC1(C)Cc2c(Oc3ccc(C(=O)N4CC[C@H](F)C4)c(F)c3)cc(C(=O)O)cc2O1. The Kier molecular flexibility index (Phi) is 4.88. The van der Waals surface area contributed by atoms with Gasteiger partial charge in [-0.1, -0.05) is 0 Å². The lowest BCUT2D eigenvalue weighted by Crippen LogP contribution is -2.29. The van der Waals surface area contributed by atoms with Gasteiger partial charge in [0.1, 0.15) is 34.8 Å². The van der Waals surface area contributed by atoms with Crippen molar-refractivity contribution in [3.8, 4) is 17.2 Å². The van der Waals surface area contributed by atoms with E-state index >= 15 is 0 Å². The monoisotopic (exact) mass is 417 g/mol. The van der Waals surface area contributed by atoms with Crippen LogP contribution in [0.5, 0.6) is 17.2 Å². The van der Waals surface area contributed by atoms with Crippen LogP contribution in [0.15, 0.2) is 30.3 Å². The molecule has 0 aliphatic carbocycles. The van der Waals surface area contributed by atoms with Gasteiger partial charge in [-0.2, -0.15) is 0 Å². The normalized spacial score (nSPS) is 19.3. The topological polar surface area (TPSA) is 76.1 Å². The second kappa shape index (κ2) is 7.27. The third-order valence-electron chi connectivity index (χ3n) is 5.22. The Morgan fingerprint density at radius 2 is 2.03 bits per heavy atom. The molecular weight excluding hydrogens is 396 g/mol. The Morgan fingerprint density at radius 3 is 2.67 bits per heavy atom. The van der Waals surface area contributed by atoms with Crippen LogP contribution in [-0.2, 0) is 6.42 Å². The zero-order chi connectivity index (χ0) is 21.6. The van der Waals surface area contributed by atoms with E-state index in [9.17, 15) is 23.5 Å². The number of ether oxygens (including phenoxy) is 2. The molecule has 1 saturated heterocycles. The van der Waals surface area contributed by atoms with E-state index in [1.54, 1.807) is 0 Å². The summed E-state index contributed by atoms with van der Waals surface area (Å²) in [5.74, 6) is -1.71. The number of likely N-dealkylation sites (tertiary alicyclic amines) is 1. The van der Waals surface area contributed by atoms with Gasteiger partial charge in [0.2, 0.25) is 0 Å². The molecule has 2 aromatic carbocycles. The van der Waals surface area contributed by atoms with Crippen molar-refractivity contribution in [2.24, 2.45) is 0 Å². The third kappa shape index (κ3) is 3.81. The highest BCUT2D eigenvalue weighted by Crippen LogP contribution is 2.43. The largest absolute Gasteiger partial charge is 0.487 e. The molecule has 1 atom stereocenters. The van der Waals surface area contributed by atoms with Crippen LogP contribution >= 0.6 is 0 Å². The molecular formula is C22H21F2NO5. The summed E-state index contributed by atoms with van der Waals surface area (Å²) in [6.07, 6.45) is -0.344. The molecule has 0 saturated carbocycles. The molecule has 158 valence electrons. The molecule has 2 aliphatic heterocycles. The molecule has 1 N–H and O–H groups in total. The summed E-state index contributed by atoms with van der Waals surface area (Å²) in [7, 11) is 0. The minimum absolute atomic E-state index is 0.0106. The molecule has 0 aromatic heterocycles. The summed E-state index contributed by atoms with van der Waals surface area (Å²) in [5.41, 5.74) is -0.00564. The van der Waals surface area contributed by atoms with E-state index in [-0.39, 0.29) is 42.1 Å². The number of carbonyl (C=O) groups is 2. The molecule has 0 bridgehead atoms. The van der Waals surface area contributed by atoms with Crippen LogP contribution in [0, 0.1) is 5.82 Å². The van der Waals surface area contributed by atoms with E-state index in [4.69, 9.17) is 9.47 Å². The second-order valence-electron chi connectivity index (χ2n) is 8.18. The fraction of sp³-hybridized carbons (Fsp3) is 0.364. The van der Waals surface area contributed by atoms with Crippen molar-refractivity contribution in [3.63, 3.8) is 0 Å². The Hall–Kier alpha value is -3.16. The van der Waals surface area contributed by atoms with E-state index in [1.807, 2.05) is 13.8 Å². The first-order chi connectivity index (χ1) is 14.1. The number of carbonyl (C=O) groups excluding carboxylic acids is 1. The van der Waals surface area contributed by atoms with Gasteiger partial charge < -0.3 is 19.5 Å². The molecule has 8 heteroatoms. The first-order valence-electron chi connectivity index (χ1n) is 9.63. The fourth-order valence-electron chi connectivity index (χ4n) is 3.79. The third-order valence-corrected chi connectivity index (χ3v) is 5.22. The van der Waals surface area contributed by atoms with Crippen molar-refractivity contribution < 1.29 is 33.0 Å². The number of carboxylic acid groups (broad SMARTS) is 1. The number of hydrogen-bond acceptors (Lipinski definition) is 4. The Labute approximate surface area is 172 Å². The molecule has 1 fully saturated rings. The Bertz CT molecular complexity index is 1040. The number of hydrogen-bond donors (Lipinski definition) is 1. The molecule has 0 radical (unpaired) electrons. The standard InChI is InChI=1S/C22H21F2NO5/c1-22(2)10-16-18(7-12(21(27)28)8-19(16)30-22)29-14-3-4-15(17(24)9-14)20(26)25-6-5-13(23)11-25/h3-4,7-9,13H,5-6,10-11H2,1-2H3,(H,27,28)/t13-/m0/s1. The average Bonchev–Trinajstić information content (AvgIpc) is 3.23. The van der Waals surface area contributed by atoms with Gasteiger partial charge >= 0.3 is 5.97 Å².